The van der Waals surface area contributed by atoms with Gasteiger partial charge in [-0.25, -0.2) is 9.97 Å². The molecule has 0 aliphatic heterocycles. The molecule has 3 rings (SSSR count). The number of hydrogen-bond acceptors (Lipinski definition) is 7. The van der Waals surface area contributed by atoms with Gasteiger partial charge >= 0.3 is 0 Å². The van der Waals surface area contributed by atoms with Gasteiger partial charge < -0.3 is 20.1 Å². The number of aryl methyl sites for hydroxylation is 1. The molecule has 8 heteroatoms. The number of ether oxygens (including phenoxy) is 2. The summed E-state index contributed by atoms with van der Waals surface area (Å²) in [6.45, 7) is 2.11. The van der Waals surface area contributed by atoms with Crippen molar-refractivity contribution in [2.24, 2.45) is 0 Å². The van der Waals surface area contributed by atoms with E-state index in [1.165, 1.54) is 0 Å². The van der Waals surface area contributed by atoms with Crippen molar-refractivity contribution < 1.29 is 14.3 Å². The van der Waals surface area contributed by atoms with E-state index in [1.807, 2.05) is 18.2 Å². The third-order valence-corrected chi connectivity index (χ3v) is 3.90. The number of nitrogens with zero attached hydrogens (tertiary/aromatic N) is 3. The number of rotatable bonds is 7. The van der Waals surface area contributed by atoms with Gasteiger partial charge in [0.2, 0.25) is 5.95 Å². The number of aromatic nitrogens is 3. The number of hydrogen-bond donors (Lipinski definition) is 2. The maximum Gasteiger partial charge on any atom is 0.270 e. The van der Waals surface area contributed by atoms with Crippen LogP contribution in [-0.4, -0.2) is 35.1 Å². The molecule has 0 spiro atoms. The number of nitrogens with one attached hydrogen (secondary N) is 2. The van der Waals surface area contributed by atoms with Crippen molar-refractivity contribution in [2.45, 2.75) is 13.5 Å². The van der Waals surface area contributed by atoms with E-state index >= 15 is 0 Å². The molecule has 2 aromatic heterocycles. The van der Waals surface area contributed by atoms with Crippen LogP contribution in [0.5, 0.6) is 11.5 Å². The Hall–Kier alpha value is -3.68. The van der Waals surface area contributed by atoms with E-state index in [9.17, 15) is 4.79 Å². The Bertz CT molecular complexity index is 963. The van der Waals surface area contributed by atoms with E-state index in [2.05, 4.69) is 25.6 Å². The molecule has 1 aromatic carbocycles. The van der Waals surface area contributed by atoms with E-state index in [0.717, 1.165) is 5.69 Å². The van der Waals surface area contributed by atoms with Crippen LogP contribution in [0, 0.1) is 6.92 Å². The molecule has 0 saturated heterocycles. The highest BCUT2D eigenvalue weighted by Gasteiger charge is 2.13. The van der Waals surface area contributed by atoms with Crippen LogP contribution in [0.4, 0.5) is 11.6 Å². The lowest BCUT2D eigenvalue weighted by Crippen LogP contribution is -2.24. The molecule has 144 valence electrons. The zero-order valence-corrected chi connectivity index (χ0v) is 15.9. The van der Waals surface area contributed by atoms with Gasteiger partial charge in [-0.3, -0.25) is 9.78 Å². The molecule has 0 unspecified atom stereocenters. The first kappa shape index (κ1) is 19.1. The molecule has 0 saturated carbocycles. The van der Waals surface area contributed by atoms with Crippen molar-refractivity contribution in [3.05, 3.63) is 65.7 Å². The highest BCUT2D eigenvalue weighted by Crippen LogP contribution is 2.30. The summed E-state index contributed by atoms with van der Waals surface area (Å²) in [4.78, 5) is 25.4. The second-order valence-corrected chi connectivity index (χ2v) is 5.91. The molecule has 0 fully saturated rings. The Balaban J connectivity index is 1.79. The van der Waals surface area contributed by atoms with Gasteiger partial charge in [-0.1, -0.05) is 6.07 Å². The molecule has 2 N–H and O–H groups in total. The van der Waals surface area contributed by atoms with Crippen LogP contribution in [0.1, 0.15) is 21.9 Å². The summed E-state index contributed by atoms with van der Waals surface area (Å²) in [5, 5.41) is 5.90. The lowest BCUT2D eigenvalue weighted by molar-refractivity contribution is 0.0945. The van der Waals surface area contributed by atoms with Crippen LogP contribution in [0.3, 0.4) is 0 Å². The molecule has 2 heterocycles. The molecule has 0 radical (unpaired) electrons. The van der Waals surface area contributed by atoms with Gasteiger partial charge in [-0.15, -0.1) is 0 Å². The minimum absolute atomic E-state index is 0.257. The van der Waals surface area contributed by atoms with Gasteiger partial charge in [-0.2, -0.15) is 0 Å². The Kier molecular flexibility index (Phi) is 6.01. The monoisotopic (exact) mass is 379 g/mol. The van der Waals surface area contributed by atoms with Gasteiger partial charge in [-0.05, 0) is 37.3 Å². The van der Waals surface area contributed by atoms with Crippen LogP contribution in [0.25, 0.3) is 0 Å². The van der Waals surface area contributed by atoms with Crippen molar-refractivity contribution in [1.82, 2.24) is 20.3 Å². The summed E-state index contributed by atoms with van der Waals surface area (Å²) >= 11 is 0. The zero-order valence-electron chi connectivity index (χ0n) is 15.9. The Morgan fingerprint density at radius 3 is 2.64 bits per heavy atom. The first-order valence-electron chi connectivity index (χ1n) is 8.62. The summed E-state index contributed by atoms with van der Waals surface area (Å²) < 4.78 is 10.6. The summed E-state index contributed by atoms with van der Waals surface area (Å²) in [5.41, 5.74) is 2.31. The quantitative estimate of drug-likeness (QED) is 0.651. The lowest BCUT2D eigenvalue weighted by atomic mass is 10.2. The van der Waals surface area contributed by atoms with Gasteiger partial charge in [0.15, 0.2) is 0 Å². The molecule has 1 amide bonds. The first-order valence-corrected chi connectivity index (χ1v) is 8.62. The standard InChI is InChI=1S/C20H21N5O3/c1-13-10-17(19(26)22-12-14-6-4-5-9-21-14)25-20(23-13)24-16-11-15(27-2)7-8-18(16)28-3/h4-11H,12H2,1-3H3,(H,22,26)(H,23,24,25). The number of pyridine rings is 1. The van der Waals surface area contributed by atoms with Crippen LogP contribution in [0.15, 0.2) is 48.7 Å². The largest absolute Gasteiger partial charge is 0.497 e. The Morgan fingerprint density at radius 2 is 1.93 bits per heavy atom. The predicted octanol–water partition coefficient (Wildman–Crippen LogP) is 2.87. The van der Waals surface area contributed by atoms with E-state index in [0.29, 0.717) is 29.4 Å². The molecular weight excluding hydrogens is 358 g/mol. The SMILES string of the molecule is COc1ccc(OC)c(Nc2nc(C)cc(C(=O)NCc3ccccn3)n2)c1. The number of anilines is 2. The average Bonchev–Trinajstić information content (AvgIpc) is 2.72. The molecular formula is C20H21N5O3. The summed E-state index contributed by atoms with van der Waals surface area (Å²) in [7, 11) is 3.15. The summed E-state index contributed by atoms with van der Waals surface area (Å²) in [6.07, 6.45) is 1.68. The highest BCUT2D eigenvalue weighted by atomic mass is 16.5. The first-order chi connectivity index (χ1) is 13.6. The minimum atomic E-state index is -0.309. The van der Waals surface area contributed by atoms with Crippen molar-refractivity contribution >= 4 is 17.5 Å². The summed E-state index contributed by atoms with van der Waals surface area (Å²) in [6, 6.07) is 12.5. The normalized spacial score (nSPS) is 10.2. The molecule has 28 heavy (non-hydrogen) atoms. The van der Waals surface area contributed by atoms with Crippen molar-refractivity contribution in [1.29, 1.82) is 0 Å². The van der Waals surface area contributed by atoms with Gasteiger partial charge in [0.25, 0.3) is 5.91 Å². The number of carbonyl (C=O) groups is 1. The third-order valence-electron chi connectivity index (χ3n) is 3.90. The topological polar surface area (TPSA) is 98.3 Å². The van der Waals surface area contributed by atoms with E-state index in [4.69, 9.17) is 9.47 Å². The molecule has 8 nitrogen and oxygen atoms in total. The molecule has 0 aliphatic carbocycles. The number of amides is 1. The average molecular weight is 379 g/mol. The molecule has 0 bridgehead atoms. The van der Waals surface area contributed by atoms with E-state index < -0.39 is 0 Å². The van der Waals surface area contributed by atoms with E-state index in [1.54, 1.807) is 51.6 Å². The van der Waals surface area contributed by atoms with Crippen LogP contribution < -0.4 is 20.1 Å². The predicted molar refractivity (Wildman–Crippen MR) is 105 cm³/mol. The molecule has 0 aliphatic rings. The second kappa shape index (κ2) is 8.81. The number of carbonyl (C=O) groups excluding carboxylic acids is 1. The summed E-state index contributed by atoms with van der Waals surface area (Å²) in [5.74, 6) is 1.24. The number of methoxy groups -OCH3 is 2. The minimum Gasteiger partial charge on any atom is -0.497 e. The lowest BCUT2D eigenvalue weighted by Gasteiger charge is -2.13. The van der Waals surface area contributed by atoms with E-state index in [-0.39, 0.29) is 17.5 Å². The third kappa shape index (κ3) is 4.73. The number of benzene rings is 1. The molecule has 3 aromatic rings. The fraction of sp³-hybridized carbons (Fsp3) is 0.200. The van der Waals surface area contributed by atoms with Gasteiger partial charge in [0.1, 0.15) is 17.2 Å². The fourth-order valence-corrected chi connectivity index (χ4v) is 2.54. The Morgan fingerprint density at radius 1 is 1.07 bits per heavy atom. The van der Waals surface area contributed by atoms with Crippen molar-refractivity contribution in [2.75, 3.05) is 19.5 Å². The van der Waals surface area contributed by atoms with Crippen LogP contribution >= 0.6 is 0 Å². The van der Waals surface area contributed by atoms with Crippen molar-refractivity contribution in [3.8, 4) is 11.5 Å². The second-order valence-electron chi connectivity index (χ2n) is 5.91. The van der Waals surface area contributed by atoms with Crippen LogP contribution in [0.2, 0.25) is 0 Å². The van der Waals surface area contributed by atoms with Gasteiger partial charge in [0.05, 0.1) is 32.1 Å². The highest BCUT2D eigenvalue weighted by molar-refractivity contribution is 5.92. The maximum absolute atomic E-state index is 12.5. The smallest absolute Gasteiger partial charge is 0.270 e. The van der Waals surface area contributed by atoms with Crippen molar-refractivity contribution in [3.63, 3.8) is 0 Å². The molecule has 0 atom stereocenters. The van der Waals surface area contributed by atoms with Crippen LogP contribution in [-0.2, 0) is 6.54 Å². The fourth-order valence-electron chi connectivity index (χ4n) is 2.54. The van der Waals surface area contributed by atoms with Gasteiger partial charge in [0, 0.05) is 18.0 Å². The Labute approximate surface area is 163 Å². The maximum atomic E-state index is 12.5. The zero-order chi connectivity index (χ0) is 19.9.